The van der Waals surface area contributed by atoms with E-state index in [1.165, 1.54) is 4.88 Å². The monoisotopic (exact) mass is 322 g/mol. The van der Waals surface area contributed by atoms with Crippen molar-refractivity contribution in [1.29, 1.82) is 0 Å². The number of nitrogens with zero attached hydrogens (tertiary/aromatic N) is 1. The van der Waals surface area contributed by atoms with Crippen molar-refractivity contribution in [3.8, 4) is 0 Å². The van der Waals surface area contributed by atoms with E-state index < -0.39 is 17.8 Å². The Bertz CT molecular complexity index is 584. The predicted molar refractivity (Wildman–Crippen MR) is 85.0 cm³/mol. The van der Waals surface area contributed by atoms with Crippen LogP contribution in [-0.4, -0.2) is 22.0 Å². The fraction of sp³-hybridized carbons (Fsp3) is 0.688. The Morgan fingerprint density at radius 3 is 2.68 bits per heavy atom. The summed E-state index contributed by atoms with van der Waals surface area (Å²) in [7, 11) is 0. The molecule has 0 spiro atoms. The number of nitrogens with one attached hydrogen (secondary N) is 1. The molecule has 0 unspecified atom stereocenters. The van der Waals surface area contributed by atoms with Crippen LogP contribution in [-0.2, 0) is 22.4 Å². The largest absolute Gasteiger partial charge is 0.481 e. The van der Waals surface area contributed by atoms with Crippen molar-refractivity contribution in [3.05, 3.63) is 10.6 Å². The van der Waals surface area contributed by atoms with Gasteiger partial charge in [0.25, 0.3) is 0 Å². The second-order valence-corrected chi connectivity index (χ2v) is 7.65. The number of fused-ring (bicyclic) bond motifs is 1. The van der Waals surface area contributed by atoms with Gasteiger partial charge in [-0.3, -0.25) is 9.59 Å². The number of aryl methyl sites for hydroxylation is 1. The number of anilines is 1. The minimum atomic E-state index is -0.855. The maximum atomic E-state index is 12.5. The molecule has 1 aromatic heterocycles. The summed E-state index contributed by atoms with van der Waals surface area (Å²) in [5.41, 5.74) is 1.11. The number of carboxylic acids is 1. The highest BCUT2D eigenvalue weighted by Crippen LogP contribution is 2.34. The van der Waals surface area contributed by atoms with E-state index in [1.807, 2.05) is 0 Å². The second kappa shape index (κ2) is 6.36. The Morgan fingerprint density at radius 1 is 1.23 bits per heavy atom. The molecule has 1 aromatic rings. The van der Waals surface area contributed by atoms with Crippen LogP contribution in [0.5, 0.6) is 0 Å². The maximum Gasteiger partial charge on any atom is 0.307 e. The SMILES string of the molecule is C[C@H]1CCc2nc(NC(=O)[C@@H]3CCCC[C@@H]3C(=O)O)sc2C1. The molecule has 0 bridgehead atoms. The van der Waals surface area contributed by atoms with Gasteiger partial charge in [0.2, 0.25) is 5.91 Å². The van der Waals surface area contributed by atoms with Crippen LogP contribution in [0.4, 0.5) is 5.13 Å². The van der Waals surface area contributed by atoms with Crippen molar-refractivity contribution < 1.29 is 14.7 Å². The number of aliphatic carboxylic acids is 1. The number of carbonyl (C=O) groups excluding carboxylic acids is 1. The summed E-state index contributed by atoms with van der Waals surface area (Å²) >= 11 is 1.55. The number of hydrogen-bond donors (Lipinski definition) is 2. The van der Waals surface area contributed by atoms with E-state index >= 15 is 0 Å². The molecule has 0 aromatic carbocycles. The molecule has 1 saturated carbocycles. The molecule has 1 fully saturated rings. The third-order valence-electron chi connectivity index (χ3n) is 4.84. The second-order valence-electron chi connectivity index (χ2n) is 6.56. The minimum Gasteiger partial charge on any atom is -0.481 e. The van der Waals surface area contributed by atoms with Crippen molar-refractivity contribution in [2.24, 2.45) is 17.8 Å². The summed E-state index contributed by atoms with van der Waals surface area (Å²) in [5, 5.41) is 12.8. The number of hydrogen-bond acceptors (Lipinski definition) is 4. The van der Waals surface area contributed by atoms with Crippen LogP contribution in [0.1, 0.15) is 49.6 Å². The van der Waals surface area contributed by atoms with E-state index in [1.54, 1.807) is 11.3 Å². The normalized spacial score (nSPS) is 28.0. The first-order valence-electron chi connectivity index (χ1n) is 8.07. The number of aromatic nitrogens is 1. The molecule has 1 amide bonds. The number of carbonyl (C=O) groups is 2. The van der Waals surface area contributed by atoms with Crippen LogP contribution < -0.4 is 5.32 Å². The van der Waals surface area contributed by atoms with Gasteiger partial charge in [-0.1, -0.05) is 19.8 Å². The molecule has 2 aliphatic carbocycles. The molecule has 0 aliphatic heterocycles. The third-order valence-corrected chi connectivity index (χ3v) is 5.87. The predicted octanol–water partition coefficient (Wildman–Crippen LogP) is 3.10. The molecule has 120 valence electrons. The van der Waals surface area contributed by atoms with Crippen molar-refractivity contribution >= 4 is 28.3 Å². The Balaban J connectivity index is 1.70. The molecule has 2 N–H and O–H groups in total. The van der Waals surface area contributed by atoms with E-state index in [-0.39, 0.29) is 5.91 Å². The molecule has 22 heavy (non-hydrogen) atoms. The van der Waals surface area contributed by atoms with Gasteiger partial charge in [0.1, 0.15) is 0 Å². The van der Waals surface area contributed by atoms with E-state index in [9.17, 15) is 14.7 Å². The zero-order valence-electron chi connectivity index (χ0n) is 12.8. The van der Waals surface area contributed by atoms with Gasteiger partial charge in [-0.05, 0) is 38.0 Å². The van der Waals surface area contributed by atoms with Gasteiger partial charge >= 0.3 is 5.97 Å². The minimum absolute atomic E-state index is 0.175. The summed E-state index contributed by atoms with van der Waals surface area (Å²) < 4.78 is 0. The fourth-order valence-electron chi connectivity index (χ4n) is 3.53. The van der Waals surface area contributed by atoms with E-state index in [2.05, 4.69) is 17.2 Å². The van der Waals surface area contributed by atoms with E-state index in [4.69, 9.17) is 0 Å². The molecule has 1 heterocycles. The molecule has 0 saturated heterocycles. The van der Waals surface area contributed by atoms with E-state index in [0.717, 1.165) is 37.8 Å². The summed E-state index contributed by atoms with van der Waals surface area (Å²) in [6.07, 6.45) is 6.23. The number of amides is 1. The van der Waals surface area contributed by atoms with Crippen LogP contribution in [0, 0.1) is 17.8 Å². The smallest absolute Gasteiger partial charge is 0.307 e. The maximum absolute atomic E-state index is 12.5. The van der Waals surface area contributed by atoms with Crippen molar-refractivity contribution in [2.75, 3.05) is 5.32 Å². The van der Waals surface area contributed by atoms with Crippen LogP contribution >= 0.6 is 11.3 Å². The van der Waals surface area contributed by atoms with Crippen LogP contribution in [0.3, 0.4) is 0 Å². The van der Waals surface area contributed by atoms with Gasteiger partial charge < -0.3 is 10.4 Å². The number of carboxylic acid groups (broad SMARTS) is 1. The Hall–Kier alpha value is -1.43. The average molecular weight is 322 g/mol. The highest BCUT2D eigenvalue weighted by Gasteiger charge is 2.36. The van der Waals surface area contributed by atoms with Gasteiger partial charge in [0.05, 0.1) is 17.5 Å². The highest BCUT2D eigenvalue weighted by molar-refractivity contribution is 7.15. The standard InChI is InChI=1S/C16H22N2O3S/c1-9-6-7-12-13(8-9)22-16(17-12)18-14(19)10-4-2-3-5-11(10)15(20)21/h9-11H,2-8H2,1H3,(H,20,21)(H,17,18,19)/t9-,10+,11-/m0/s1. The lowest BCUT2D eigenvalue weighted by molar-refractivity contribution is -0.147. The summed E-state index contributed by atoms with van der Waals surface area (Å²) in [6.45, 7) is 2.24. The van der Waals surface area contributed by atoms with E-state index in [0.29, 0.717) is 23.9 Å². The Kier molecular flexibility index (Phi) is 4.47. The zero-order chi connectivity index (χ0) is 15.7. The fourth-order valence-corrected chi connectivity index (χ4v) is 4.71. The molecule has 0 radical (unpaired) electrons. The molecule has 2 aliphatic rings. The van der Waals surface area contributed by atoms with Gasteiger partial charge in [0, 0.05) is 4.88 Å². The van der Waals surface area contributed by atoms with Gasteiger partial charge in [-0.25, -0.2) is 4.98 Å². The number of rotatable bonds is 3. The first kappa shape index (κ1) is 15.5. The van der Waals surface area contributed by atoms with Crippen molar-refractivity contribution in [1.82, 2.24) is 4.98 Å². The van der Waals surface area contributed by atoms with Gasteiger partial charge in [0.15, 0.2) is 5.13 Å². The third kappa shape index (κ3) is 3.16. The average Bonchev–Trinajstić information content (AvgIpc) is 2.88. The molecule has 3 rings (SSSR count). The lowest BCUT2D eigenvalue weighted by atomic mass is 9.79. The summed E-state index contributed by atoms with van der Waals surface area (Å²) in [6, 6.07) is 0. The Labute approximate surface area is 134 Å². The van der Waals surface area contributed by atoms with Crippen LogP contribution in [0.15, 0.2) is 0 Å². The van der Waals surface area contributed by atoms with Crippen LogP contribution in [0.25, 0.3) is 0 Å². The zero-order valence-corrected chi connectivity index (χ0v) is 13.6. The summed E-state index contributed by atoms with van der Waals surface area (Å²) in [5.74, 6) is -1.33. The molecule has 6 heteroatoms. The van der Waals surface area contributed by atoms with Crippen molar-refractivity contribution in [3.63, 3.8) is 0 Å². The first-order valence-corrected chi connectivity index (χ1v) is 8.88. The van der Waals surface area contributed by atoms with Crippen molar-refractivity contribution in [2.45, 2.75) is 51.9 Å². The molecular weight excluding hydrogens is 300 g/mol. The topological polar surface area (TPSA) is 79.3 Å². The molecular formula is C16H22N2O3S. The molecule has 5 nitrogen and oxygen atoms in total. The molecule has 3 atom stereocenters. The highest BCUT2D eigenvalue weighted by atomic mass is 32.1. The van der Waals surface area contributed by atoms with Crippen LogP contribution in [0.2, 0.25) is 0 Å². The quantitative estimate of drug-likeness (QED) is 0.896. The lowest BCUT2D eigenvalue weighted by Crippen LogP contribution is -2.36. The number of thiazole rings is 1. The Morgan fingerprint density at radius 2 is 1.95 bits per heavy atom. The van der Waals surface area contributed by atoms with Gasteiger partial charge in [-0.2, -0.15) is 0 Å². The lowest BCUT2D eigenvalue weighted by Gasteiger charge is -2.26. The summed E-state index contributed by atoms with van der Waals surface area (Å²) in [4.78, 5) is 29.6. The van der Waals surface area contributed by atoms with Gasteiger partial charge in [-0.15, -0.1) is 11.3 Å². The first-order chi connectivity index (χ1) is 10.5.